The number of hydrogen-bond donors (Lipinski definition) is 1. The van der Waals surface area contributed by atoms with Crippen molar-refractivity contribution in [3.05, 3.63) is 48.3 Å². The van der Waals surface area contributed by atoms with Crippen LogP contribution in [0.2, 0.25) is 0 Å². The van der Waals surface area contributed by atoms with E-state index in [9.17, 15) is 8.78 Å². The first-order chi connectivity index (χ1) is 8.25. The van der Waals surface area contributed by atoms with Gasteiger partial charge in [0.2, 0.25) is 0 Å². The number of aromatic amines is 1. The quantitative estimate of drug-likeness (QED) is 0.699. The molecule has 3 nitrogen and oxygen atoms in total. The molecule has 0 atom stereocenters. The first kappa shape index (κ1) is 9.89. The molecule has 0 unspecified atom stereocenters. The van der Waals surface area contributed by atoms with E-state index in [0.717, 1.165) is 11.6 Å². The number of H-pyrrole nitrogens is 1. The molecule has 3 rings (SSSR count). The number of nitrogens with one attached hydrogen (secondary N) is 1. The standard InChI is InChI=1S/C12H7F2N3/c13-8-3-4-9-11(10(8)14)17-12(16-9)7-2-1-5-15-6-7/h1-6H,(H,16,17). The van der Waals surface area contributed by atoms with Crippen LogP contribution < -0.4 is 0 Å². The fraction of sp³-hybridized carbons (Fsp3) is 0. The number of fused-ring (bicyclic) bond motifs is 1. The highest BCUT2D eigenvalue weighted by molar-refractivity contribution is 5.79. The third-order valence-corrected chi connectivity index (χ3v) is 2.48. The molecule has 84 valence electrons. The zero-order valence-electron chi connectivity index (χ0n) is 8.61. The molecular formula is C12H7F2N3. The van der Waals surface area contributed by atoms with Crippen LogP contribution in [0.4, 0.5) is 8.78 Å². The number of nitrogens with zero attached hydrogens (tertiary/aromatic N) is 2. The van der Waals surface area contributed by atoms with Gasteiger partial charge in [-0.15, -0.1) is 0 Å². The Morgan fingerprint density at radius 2 is 2.00 bits per heavy atom. The summed E-state index contributed by atoms with van der Waals surface area (Å²) < 4.78 is 26.5. The summed E-state index contributed by atoms with van der Waals surface area (Å²) in [5.41, 5.74) is 1.19. The molecule has 0 saturated heterocycles. The molecule has 0 amide bonds. The summed E-state index contributed by atoms with van der Waals surface area (Å²) in [6.45, 7) is 0. The van der Waals surface area contributed by atoms with Crippen LogP contribution in [-0.4, -0.2) is 15.0 Å². The van der Waals surface area contributed by atoms with Crippen LogP contribution in [0.25, 0.3) is 22.4 Å². The molecule has 0 fully saturated rings. The maximum atomic E-state index is 13.5. The molecule has 1 aromatic carbocycles. The molecule has 0 aliphatic heterocycles. The van der Waals surface area contributed by atoms with Crippen LogP contribution in [0.3, 0.4) is 0 Å². The maximum Gasteiger partial charge on any atom is 0.186 e. The normalized spacial score (nSPS) is 10.9. The van der Waals surface area contributed by atoms with Gasteiger partial charge in [0, 0.05) is 18.0 Å². The Bertz CT molecular complexity index is 677. The van der Waals surface area contributed by atoms with Crippen molar-refractivity contribution < 1.29 is 8.78 Å². The molecule has 0 bridgehead atoms. The van der Waals surface area contributed by atoms with Crippen LogP contribution in [0.5, 0.6) is 0 Å². The molecule has 0 radical (unpaired) electrons. The predicted octanol–water partition coefficient (Wildman–Crippen LogP) is 2.90. The van der Waals surface area contributed by atoms with Crippen molar-refractivity contribution in [2.75, 3.05) is 0 Å². The predicted molar refractivity (Wildman–Crippen MR) is 59.2 cm³/mol. The van der Waals surface area contributed by atoms with Gasteiger partial charge in [0.15, 0.2) is 11.6 Å². The molecule has 0 aliphatic rings. The zero-order valence-corrected chi connectivity index (χ0v) is 8.61. The second-order valence-corrected chi connectivity index (χ2v) is 3.58. The number of benzene rings is 1. The fourth-order valence-corrected chi connectivity index (χ4v) is 1.66. The van der Waals surface area contributed by atoms with Gasteiger partial charge in [0.1, 0.15) is 11.3 Å². The van der Waals surface area contributed by atoms with Crippen LogP contribution in [-0.2, 0) is 0 Å². The van der Waals surface area contributed by atoms with E-state index in [-0.39, 0.29) is 5.52 Å². The van der Waals surface area contributed by atoms with Crippen LogP contribution >= 0.6 is 0 Å². The molecule has 0 aliphatic carbocycles. The molecule has 2 heterocycles. The Morgan fingerprint density at radius 3 is 2.76 bits per heavy atom. The second kappa shape index (κ2) is 3.62. The van der Waals surface area contributed by atoms with Crippen molar-refractivity contribution in [3.8, 4) is 11.4 Å². The summed E-state index contributed by atoms with van der Waals surface area (Å²) in [6, 6.07) is 6.07. The third kappa shape index (κ3) is 1.56. The second-order valence-electron chi connectivity index (χ2n) is 3.58. The van der Waals surface area contributed by atoms with Gasteiger partial charge in [-0.2, -0.15) is 0 Å². The number of imidazole rings is 1. The molecule has 5 heteroatoms. The van der Waals surface area contributed by atoms with E-state index in [1.54, 1.807) is 24.5 Å². The molecule has 0 saturated carbocycles. The third-order valence-electron chi connectivity index (χ3n) is 2.48. The molecule has 3 aromatic rings. The minimum absolute atomic E-state index is 0.00357. The summed E-state index contributed by atoms with van der Waals surface area (Å²) in [5, 5.41) is 0. The van der Waals surface area contributed by atoms with Gasteiger partial charge < -0.3 is 4.98 Å². The first-order valence-electron chi connectivity index (χ1n) is 5.00. The van der Waals surface area contributed by atoms with Crippen molar-refractivity contribution in [1.29, 1.82) is 0 Å². The van der Waals surface area contributed by atoms with Gasteiger partial charge in [-0.1, -0.05) is 0 Å². The van der Waals surface area contributed by atoms with Crippen molar-refractivity contribution >= 4 is 11.0 Å². The van der Waals surface area contributed by atoms with E-state index < -0.39 is 11.6 Å². The van der Waals surface area contributed by atoms with Gasteiger partial charge in [-0.05, 0) is 24.3 Å². The minimum Gasteiger partial charge on any atom is -0.338 e. The average molecular weight is 231 g/mol. The van der Waals surface area contributed by atoms with Crippen molar-refractivity contribution in [3.63, 3.8) is 0 Å². The summed E-state index contributed by atoms with van der Waals surface area (Å²) in [5.74, 6) is -1.37. The number of halogens is 2. The number of aromatic nitrogens is 3. The lowest BCUT2D eigenvalue weighted by Crippen LogP contribution is -1.84. The first-order valence-corrected chi connectivity index (χ1v) is 5.00. The van der Waals surface area contributed by atoms with Crippen molar-refractivity contribution in [2.45, 2.75) is 0 Å². The summed E-state index contributed by atoms with van der Waals surface area (Å²) in [6.07, 6.45) is 3.23. The van der Waals surface area contributed by atoms with Crippen LogP contribution in [0.15, 0.2) is 36.7 Å². The van der Waals surface area contributed by atoms with Gasteiger partial charge >= 0.3 is 0 Å². The van der Waals surface area contributed by atoms with E-state index in [1.165, 1.54) is 6.07 Å². The summed E-state index contributed by atoms with van der Waals surface area (Å²) in [7, 11) is 0. The molecule has 17 heavy (non-hydrogen) atoms. The monoisotopic (exact) mass is 231 g/mol. The lowest BCUT2D eigenvalue weighted by molar-refractivity contribution is 0.515. The van der Waals surface area contributed by atoms with E-state index in [2.05, 4.69) is 15.0 Å². The Labute approximate surface area is 95.1 Å². The van der Waals surface area contributed by atoms with Crippen LogP contribution in [0, 0.1) is 11.6 Å². The SMILES string of the molecule is Fc1ccc2[nH]c(-c3cccnc3)nc2c1F. The molecule has 2 aromatic heterocycles. The molecular weight excluding hydrogens is 224 g/mol. The van der Waals surface area contributed by atoms with Gasteiger partial charge in [-0.3, -0.25) is 4.98 Å². The Hall–Kier alpha value is -2.30. The largest absolute Gasteiger partial charge is 0.338 e. The topological polar surface area (TPSA) is 41.6 Å². The molecule has 0 spiro atoms. The van der Waals surface area contributed by atoms with E-state index in [1.807, 2.05) is 0 Å². The van der Waals surface area contributed by atoms with E-state index >= 15 is 0 Å². The van der Waals surface area contributed by atoms with E-state index in [0.29, 0.717) is 11.3 Å². The lowest BCUT2D eigenvalue weighted by atomic mass is 10.3. The Kier molecular flexibility index (Phi) is 2.11. The fourth-order valence-electron chi connectivity index (χ4n) is 1.66. The summed E-state index contributed by atoms with van der Waals surface area (Å²) in [4.78, 5) is 10.9. The smallest absolute Gasteiger partial charge is 0.186 e. The number of hydrogen-bond acceptors (Lipinski definition) is 2. The van der Waals surface area contributed by atoms with Gasteiger partial charge in [0.05, 0.1) is 5.52 Å². The van der Waals surface area contributed by atoms with Crippen molar-refractivity contribution in [2.24, 2.45) is 0 Å². The number of pyridine rings is 1. The van der Waals surface area contributed by atoms with Gasteiger partial charge in [0.25, 0.3) is 0 Å². The highest BCUT2D eigenvalue weighted by Crippen LogP contribution is 2.22. The zero-order chi connectivity index (χ0) is 11.8. The Balaban J connectivity index is 2.24. The highest BCUT2D eigenvalue weighted by Gasteiger charge is 2.12. The average Bonchev–Trinajstić information content (AvgIpc) is 2.80. The van der Waals surface area contributed by atoms with Crippen LogP contribution in [0.1, 0.15) is 0 Å². The lowest BCUT2D eigenvalue weighted by Gasteiger charge is -1.92. The van der Waals surface area contributed by atoms with Crippen molar-refractivity contribution in [1.82, 2.24) is 15.0 Å². The van der Waals surface area contributed by atoms with E-state index in [4.69, 9.17) is 0 Å². The number of rotatable bonds is 1. The molecule has 1 N–H and O–H groups in total. The minimum atomic E-state index is -0.936. The summed E-state index contributed by atoms with van der Waals surface area (Å²) >= 11 is 0. The maximum absolute atomic E-state index is 13.5. The van der Waals surface area contributed by atoms with Gasteiger partial charge in [-0.25, -0.2) is 13.8 Å². The highest BCUT2D eigenvalue weighted by atomic mass is 19.2. The Morgan fingerprint density at radius 1 is 1.12 bits per heavy atom.